The molecule has 1 atom stereocenters. The zero-order valence-corrected chi connectivity index (χ0v) is 12.1. The average molecular weight is 329 g/mol. The van der Waals surface area contributed by atoms with Gasteiger partial charge in [-0.3, -0.25) is 0 Å². The molecule has 18 heavy (non-hydrogen) atoms. The summed E-state index contributed by atoms with van der Waals surface area (Å²) in [5, 5.41) is 11.7. The van der Waals surface area contributed by atoms with E-state index in [1.165, 1.54) is 0 Å². The Labute approximate surface area is 115 Å². The molecule has 0 saturated carbocycles. The summed E-state index contributed by atoms with van der Waals surface area (Å²) in [6.07, 6.45) is 1.44. The summed E-state index contributed by atoms with van der Waals surface area (Å²) in [5.41, 5.74) is 1.20. The second-order valence-corrected chi connectivity index (χ2v) is 7.63. The predicted octanol–water partition coefficient (Wildman–Crippen LogP) is 2.31. The highest BCUT2D eigenvalue weighted by atomic mass is 79.9. The molecule has 0 bridgehead atoms. The Morgan fingerprint density at radius 3 is 2.89 bits per heavy atom. The Bertz CT molecular complexity index is 593. The number of halogens is 1. The first-order chi connectivity index (χ1) is 8.53. The van der Waals surface area contributed by atoms with Crippen molar-refractivity contribution in [3.05, 3.63) is 28.2 Å². The van der Waals surface area contributed by atoms with Gasteiger partial charge in [-0.25, -0.2) is 8.42 Å². The van der Waals surface area contributed by atoms with Gasteiger partial charge in [0.2, 0.25) is 0 Å². The van der Waals surface area contributed by atoms with Gasteiger partial charge in [0, 0.05) is 11.0 Å². The van der Waals surface area contributed by atoms with Crippen LogP contribution < -0.4 is 5.32 Å². The maximum absolute atomic E-state index is 11.7. The third-order valence-corrected chi connectivity index (χ3v) is 5.85. The van der Waals surface area contributed by atoms with Crippen LogP contribution in [0.4, 0.5) is 5.69 Å². The van der Waals surface area contributed by atoms with E-state index in [2.05, 4.69) is 27.3 Å². The number of sulfone groups is 1. The van der Waals surface area contributed by atoms with Gasteiger partial charge in [-0.05, 0) is 31.0 Å². The highest BCUT2D eigenvalue weighted by molar-refractivity contribution is 9.10. The van der Waals surface area contributed by atoms with Crippen LogP contribution in [-0.2, 0) is 9.84 Å². The molecule has 1 unspecified atom stereocenters. The number of anilines is 1. The highest BCUT2D eigenvalue weighted by Crippen LogP contribution is 2.23. The first-order valence-corrected chi connectivity index (χ1v) is 8.19. The molecule has 0 spiro atoms. The minimum Gasteiger partial charge on any atom is -0.383 e. The van der Waals surface area contributed by atoms with Crippen molar-refractivity contribution in [2.75, 3.05) is 17.6 Å². The first-order valence-electron chi connectivity index (χ1n) is 5.68. The number of nitrogens with zero attached hydrogens (tertiary/aromatic N) is 1. The summed E-state index contributed by atoms with van der Waals surface area (Å²) in [7, 11) is -2.94. The standard InChI is InChI=1S/C12H13BrN2O2S/c13-10-3-4-12(9(6-10)7-14)15-8-11-2-1-5-18(11,16)17/h3-4,6,11,15H,1-2,5,8H2. The molecule has 1 heterocycles. The van der Waals surface area contributed by atoms with Crippen molar-refractivity contribution < 1.29 is 8.42 Å². The monoisotopic (exact) mass is 328 g/mol. The zero-order valence-electron chi connectivity index (χ0n) is 9.69. The van der Waals surface area contributed by atoms with Crippen LogP contribution in [0.25, 0.3) is 0 Å². The second kappa shape index (κ2) is 5.29. The lowest BCUT2D eigenvalue weighted by molar-refractivity contribution is 0.591. The van der Waals surface area contributed by atoms with Crippen LogP contribution in [0.2, 0.25) is 0 Å². The second-order valence-electron chi connectivity index (χ2n) is 4.31. The molecule has 2 rings (SSSR count). The summed E-state index contributed by atoms with van der Waals surface area (Å²) in [6.45, 7) is 0.374. The Morgan fingerprint density at radius 2 is 2.28 bits per heavy atom. The lowest BCUT2D eigenvalue weighted by Gasteiger charge is -2.13. The van der Waals surface area contributed by atoms with E-state index in [-0.39, 0.29) is 11.0 Å². The van der Waals surface area contributed by atoms with E-state index in [0.717, 1.165) is 10.9 Å². The van der Waals surface area contributed by atoms with E-state index in [9.17, 15) is 8.42 Å². The van der Waals surface area contributed by atoms with E-state index in [1.807, 2.05) is 6.07 Å². The van der Waals surface area contributed by atoms with Crippen LogP contribution in [0, 0.1) is 11.3 Å². The Balaban J connectivity index is 2.10. The van der Waals surface area contributed by atoms with Gasteiger partial charge in [0.25, 0.3) is 0 Å². The summed E-state index contributed by atoms with van der Waals surface area (Å²) in [4.78, 5) is 0. The third-order valence-electron chi connectivity index (χ3n) is 3.09. The van der Waals surface area contributed by atoms with Gasteiger partial charge in [-0.2, -0.15) is 5.26 Å². The number of nitriles is 1. The molecule has 4 nitrogen and oxygen atoms in total. The number of benzene rings is 1. The molecule has 1 N–H and O–H groups in total. The highest BCUT2D eigenvalue weighted by Gasteiger charge is 2.30. The molecular formula is C12H13BrN2O2S. The SMILES string of the molecule is N#Cc1cc(Br)ccc1NCC1CCCS1(=O)=O. The molecule has 0 aromatic heterocycles. The van der Waals surface area contributed by atoms with Crippen LogP contribution in [0.1, 0.15) is 18.4 Å². The smallest absolute Gasteiger partial charge is 0.154 e. The van der Waals surface area contributed by atoms with E-state index >= 15 is 0 Å². The van der Waals surface area contributed by atoms with Gasteiger partial charge in [0.15, 0.2) is 9.84 Å². The maximum Gasteiger partial charge on any atom is 0.154 e. The van der Waals surface area contributed by atoms with Gasteiger partial charge in [-0.1, -0.05) is 15.9 Å². The van der Waals surface area contributed by atoms with Crippen LogP contribution >= 0.6 is 15.9 Å². The van der Waals surface area contributed by atoms with Gasteiger partial charge in [0.1, 0.15) is 6.07 Å². The summed E-state index contributed by atoms with van der Waals surface area (Å²) in [5.74, 6) is 0.283. The van der Waals surface area contributed by atoms with Gasteiger partial charge >= 0.3 is 0 Å². The number of hydrogen-bond acceptors (Lipinski definition) is 4. The van der Waals surface area contributed by atoms with E-state index in [1.54, 1.807) is 12.1 Å². The minimum atomic E-state index is -2.94. The fraction of sp³-hybridized carbons (Fsp3) is 0.417. The largest absolute Gasteiger partial charge is 0.383 e. The van der Waals surface area contributed by atoms with Crippen molar-refractivity contribution >= 4 is 31.5 Å². The molecule has 1 saturated heterocycles. The Hall–Kier alpha value is -1.06. The van der Waals surface area contributed by atoms with Crippen molar-refractivity contribution in [1.82, 2.24) is 0 Å². The van der Waals surface area contributed by atoms with Crippen LogP contribution in [-0.4, -0.2) is 26.0 Å². The molecular weight excluding hydrogens is 316 g/mol. The predicted molar refractivity (Wildman–Crippen MR) is 74.2 cm³/mol. The Morgan fingerprint density at radius 1 is 1.50 bits per heavy atom. The third kappa shape index (κ3) is 2.85. The molecule has 6 heteroatoms. The fourth-order valence-electron chi connectivity index (χ4n) is 2.07. The average Bonchev–Trinajstić information content (AvgIpc) is 2.66. The maximum atomic E-state index is 11.7. The van der Waals surface area contributed by atoms with Crippen molar-refractivity contribution in [3.63, 3.8) is 0 Å². The summed E-state index contributed by atoms with van der Waals surface area (Å²) < 4.78 is 24.2. The molecule has 0 aliphatic carbocycles. The molecule has 96 valence electrons. The fourth-order valence-corrected chi connectivity index (χ4v) is 4.20. The normalized spacial score (nSPS) is 21.4. The Kier molecular flexibility index (Phi) is 3.93. The quantitative estimate of drug-likeness (QED) is 0.924. The van der Waals surface area contributed by atoms with E-state index < -0.39 is 9.84 Å². The molecule has 1 aliphatic rings. The number of rotatable bonds is 3. The van der Waals surface area contributed by atoms with Crippen LogP contribution in [0.5, 0.6) is 0 Å². The minimum absolute atomic E-state index is 0.283. The van der Waals surface area contributed by atoms with Crippen molar-refractivity contribution in [2.24, 2.45) is 0 Å². The van der Waals surface area contributed by atoms with Crippen molar-refractivity contribution in [3.8, 4) is 6.07 Å². The van der Waals surface area contributed by atoms with Crippen LogP contribution in [0.3, 0.4) is 0 Å². The zero-order chi connectivity index (χ0) is 13.2. The molecule has 1 aromatic rings. The lowest BCUT2D eigenvalue weighted by atomic mass is 10.2. The summed E-state index contributed by atoms with van der Waals surface area (Å²) >= 11 is 3.30. The molecule has 1 aromatic carbocycles. The van der Waals surface area contributed by atoms with E-state index in [4.69, 9.17) is 5.26 Å². The molecule has 1 aliphatic heterocycles. The van der Waals surface area contributed by atoms with Crippen molar-refractivity contribution in [2.45, 2.75) is 18.1 Å². The summed E-state index contributed by atoms with van der Waals surface area (Å²) in [6, 6.07) is 7.41. The van der Waals surface area contributed by atoms with Gasteiger partial charge < -0.3 is 5.32 Å². The number of nitrogens with one attached hydrogen (secondary N) is 1. The van der Waals surface area contributed by atoms with Crippen molar-refractivity contribution in [1.29, 1.82) is 5.26 Å². The topological polar surface area (TPSA) is 70.0 Å². The number of hydrogen-bond donors (Lipinski definition) is 1. The van der Waals surface area contributed by atoms with Gasteiger partial charge in [-0.15, -0.1) is 0 Å². The first kappa shape index (κ1) is 13.4. The lowest BCUT2D eigenvalue weighted by Crippen LogP contribution is -2.25. The molecule has 0 amide bonds. The van der Waals surface area contributed by atoms with Gasteiger partial charge in [0.05, 0.1) is 22.3 Å². The van der Waals surface area contributed by atoms with Crippen LogP contribution in [0.15, 0.2) is 22.7 Å². The molecule has 0 radical (unpaired) electrons. The van der Waals surface area contributed by atoms with E-state index in [0.29, 0.717) is 24.2 Å². The molecule has 1 fully saturated rings.